The van der Waals surface area contributed by atoms with Crippen LogP contribution in [0.5, 0.6) is 11.5 Å². The van der Waals surface area contributed by atoms with Gasteiger partial charge in [0.05, 0.1) is 25.5 Å². The number of imide groups is 1. The smallest absolute Gasteiger partial charge is 0.282 e. The second-order valence-electron chi connectivity index (χ2n) is 8.00. The number of amides is 2. The van der Waals surface area contributed by atoms with Gasteiger partial charge in [-0.2, -0.15) is 0 Å². The molecule has 3 aromatic rings. The number of methoxy groups -OCH3 is 2. The van der Waals surface area contributed by atoms with E-state index in [0.29, 0.717) is 34.2 Å². The molecule has 0 aromatic heterocycles. The molecule has 4 rings (SSSR count). The Morgan fingerprint density at radius 1 is 0.788 bits per heavy atom. The number of anilines is 2. The van der Waals surface area contributed by atoms with Crippen LogP contribution < -0.4 is 19.7 Å². The highest BCUT2D eigenvalue weighted by atomic mass is 16.5. The molecule has 168 valence electrons. The molecule has 0 aliphatic carbocycles. The summed E-state index contributed by atoms with van der Waals surface area (Å²) in [5.74, 6) is 0.635. The van der Waals surface area contributed by atoms with Gasteiger partial charge in [0.15, 0.2) is 0 Å². The molecule has 33 heavy (non-hydrogen) atoms. The summed E-state index contributed by atoms with van der Waals surface area (Å²) in [4.78, 5) is 28.3. The topological polar surface area (TPSA) is 67.9 Å². The highest BCUT2D eigenvalue weighted by Gasteiger charge is 2.41. The molecule has 0 atom stereocenters. The Morgan fingerprint density at radius 3 is 2.06 bits per heavy atom. The van der Waals surface area contributed by atoms with Crippen molar-refractivity contribution in [1.29, 1.82) is 0 Å². The van der Waals surface area contributed by atoms with Crippen LogP contribution >= 0.6 is 0 Å². The molecule has 0 spiro atoms. The van der Waals surface area contributed by atoms with Crippen LogP contribution in [0.1, 0.15) is 30.9 Å². The van der Waals surface area contributed by atoms with E-state index in [1.807, 2.05) is 24.3 Å². The first-order chi connectivity index (χ1) is 15.9. The molecule has 1 aliphatic rings. The van der Waals surface area contributed by atoms with Crippen LogP contribution in [0.2, 0.25) is 0 Å². The van der Waals surface area contributed by atoms with Crippen LogP contribution in [-0.2, 0) is 9.59 Å². The van der Waals surface area contributed by atoms with E-state index in [4.69, 9.17) is 9.47 Å². The summed E-state index contributed by atoms with van der Waals surface area (Å²) in [6, 6.07) is 21.9. The minimum Gasteiger partial charge on any atom is -0.497 e. The average Bonchev–Trinajstić information content (AvgIpc) is 3.08. The lowest BCUT2D eigenvalue weighted by molar-refractivity contribution is -0.120. The fraction of sp³-hybridized carbons (Fsp3) is 0.185. The van der Waals surface area contributed by atoms with Crippen LogP contribution in [0.25, 0.3) is 5.57 Å². The van der Waals surface area contributed by atoms with Crippen LogP contribution in [0, 0.1) is 0 Å². The van der Waals surface area contributed by atoms with E-state index in [2.05, 4.69) is 19.2 Å². The summed E-state index contributed by atoms with van der Waals surface area (Å²) >= 11 is 0. The molecule has 0 bridgehead atoms. The van der Waals surface area contributed by atoms with E-state index in [9.17, 15) is 9.59 Å². The van der Waals surface area contributed by atoms with Crippen molar-refractivity contribution in [2.75, 3.05) is 24.4 Å². The van der Waals surface area contributed by atoms with Crippen molar-refractivity contribution >= 4 is 28.8 Å². The Bertz CT molecular complexity index is 1210. The third-order valence-corrected chi connectivity index (χ3v) is 5.64. The van der Waals surface area contributed by atoms with Gasteiger partial charge >= 0.3 is 0 Å². The molecule has 3 aromatic carbocycles. The van der Waals surface area contributed by atoms with Crippen molar-refractivity contribution in [1.82, 2.24) is 0 Å². The number of carbonyl (C=O) groups is 2. The van der Waals surface area contributed by atoms with E-state index in [0.717, 1.165) is 10.6 Å². The summed E-state index contributed by atoms with van der Waals surface area (Å²) < 4.78 is 10.7. The van der Waals surface area contributed by atoms with Crippen molar-refractivity contribution in [3.05, 3.63) is 89.6 Å². The SMILES string of the molecule is COc1ccc(C2=C(Nc3ccc(C(C)C)cc3)C(=O)N(c3ccccc3OC)C2=O)cc1. The van der Waals surface area contributed by atoms with Gasteiger partial charge in [-0.25, -0.2) is 4.90 Å². The molecule has 2 amide bonds. The first kappa shape index (κ1) is 22.1. The van der Waals surface area contributed by atoms with E-state index >= 15 is 0 Å². The summed E-state index contributed by atoms with van der Waals surface area (Å²) in [5.41, 5.74) is 3.44. The number of nitrogens with one attached hydrogen (secondary N) is 1. The number of carbonyl (C=O) groups excluding carboxylic acids is 2. The molecule has 6 heteroatoms. The van der Waals surface area contributed by atoms with Gasteiger partial charge in [-0.05, 0) is 53.4 Å². The van der Waals surface area contributed by atoms with Gasteiger partial charge in [-0.3, -0.25) is 9.59 Å². The second-order valence-corrected chi connectivity index (χ2v) is 8.00. The van der Waals surface area contributed by atoms with Gasteiger partial charge in [0.25, 0.3) is 11.8 Å². The van der Waals surface area contributed by atoms with Crippen LogP contribution in [0.4, 0.5) is 11.4 Å². The molecule has 1 heterocycles. The lowest BCUT2D eigenvalue weighted by Gasteiger charge is -2.18. The minimum absolute atomic E-state index is 0.216. The van der Waals surface area contributed by atoms with Crippen molar-refractivity contribution in [3.63, 3.8) is 0 Å². The highest BCUT2D eigenvalue weighted by molar-refractivity contribution is 6.46. The predicted molar refractivity (Wildman–Crippen MR) is 130 cm³/mol. The van der Waals surface area contributed by atoms with Gasteiger partial charge in [-0.1, -0.05) is 50.2 Å². The maximum absolute atomic E-state index is 13.6. The van der Waals surface area contributed by atoms with Gasteiger partial charge < -0.3 is 14.8 Å². The van der Waals surface area contributed by atoms with Gasteiger partial charge in [0.2, 0.25) is 0 Å². The summed E-state index contributed by atoms with van der Waals surface area (Å²) in [5, 5.41) is 3.20. The third kappa shape index (κ3) is 4.20. The fourth-order valence-electron chi connectivity index (χ4n) is 3.80. The molecular formula is C27H26N2O4. The largest absolute Gasteiger partial charge is 0.497 e. The maximum Gasteiger partial charge on any atom is 0.282 e. The maximum atomic E-state index is 13.6. The molecule has 0 unspecified atom stereocenters. The Balaban J connectivity index is 1.80. The van der Waals surface area contributed by atoms with Gasteiger partial charge in [0, 0.05) is 5.69 Å². The van der Waals surface area contributed by atoms with E-state index < -0.39 is 11.8 Å². The predicted octanol–water partition coefficient (Wildman–Crippen LogP) is 5.22. The third-order valence-electron chi connectivity index (χ3n) is 5.64. The Labute approximate surface area is 193 Å². The Hall–Kier alpha value is -4.06. The monoisotopic (exact) mass is 442 g/mol. The van der Waals surface area contributed by atoms with Crippen molar-refractivity contribution in [2.45, 2.75) is 19.8 Å². The number of ether oxygens (including phenoxy) is 2. The van der Waals surface area contributed by atoms with Gasteiger partial charge in [0.1, 0.15) is 17.2 Å². The highest BCUT2D eigenvalue weighted by Crippen LogP contribution is 2.38. The summed E-state index contributed by atoms with van der Waals surface area (Å²) in [6.07, 6.45) is 0. The molecule has 0 radical (unpaired) electrons. The lowest BCUT2D eigenvalue weighted by atomic mass is 10.0. The number of hydrogen-bond acceptors (Lipinski definition) is 5. The summed E-state index contributed by atoms with van der Waals surface area (Å²) in [6.45, 7) is 4.24. The first-order valence-corrected chi connectivity index (χ1v) is 10.7. The molecule has 1 N–H and O–H groups in total. The first-order valence-electron chi connectivity index (χ1n) is 10.7. The number of para-hydroxylation sites is 2. The number of rotatable bonds is 7. The van der Waals surface area contributed by atoms with Crippen LogP contribution in [0.15, 0.2) is 78.5 Å². The standard InChI is InChI=1S/C27H26N2O4/c1-17(2)18-9-13-20(14-10-18)28-25-24(19-11-15-21(32-3)16-12-19)26(30)29(27(25)31)22-7-5-6-8-23(22)33-4/h5-17,28H,1-4H3. The molecule has 0 saturated heterocycles. The zero-order valence-electron chi connectivity index (χ0n) is 19.1. The number of hydrogen-bond donors (Lipinski definition) is 1. The van der Waals surface area contributed by atoms with E-state index in [-0.39, 0.29) is 5.70 Å². The Kier molecular flexibility index (Phi) is 6.18. The molecule has 0 saturated carbocycles. The molecule has 1 aliphatic heterocycles. The zero-order chi connectivity index (χ0) is 23.5. The second kappa shape index (κ2) is 9.20. The molecule has 0 fully saturated rings. The zero-order valence-corrected chi connectivity index (χ0v) is 19.1. The molecule has 6 nitrogen and oxygen atoms in total. The van der Waals surface area contributed by atoms with E-state index in [1.165, 1.54) is 12.7 Å². The molecular weight excluding hydrogens is 416 g/mol. The van der Waals surface area contributed by atoms with Gasteiger partial charge in [-0.15, -0.1) is 0 Å². The van der Waals surface area contributed by atoms with Crippen molar-refractivity contribution in [2.24, 2.45) is 0 Å². The average molecular weight is 443 g/mol. The van der Waals surface area contributed by atoms with Crippen molar-refractivity contribution in [3.8, 4) is 11.5 Å². The van der Waals surface area contributed by atoms with E-state index in [1.54, 1.807) is 55.6 Å². The lowest BCUT2D eigenvalue weighted by Crippen LogP contribution is -2.32. The summed E-state index contributed by atoms with van der Waals surface area (Å²) in [7, 11) is 3.09. The minimum atomic E-state index is -0.441. The normalized spacial score (nSPS) is 13.7. The van der Waals surface area contributed by atoms with Crippen molar-refractivity contribution < 1.29 is 19.1 Å². The fourth-order valence-corrected chi connectivity index (χ4v) is 3.80. The quantitative estimate of drug-likeness (QED) is 0.508. The number of nitrogens with zero attached hydrogens (tertiary/aromatic N) is 1. The Morgan fingerprint density at radius 2 is 1.45 bits per heavy atom. The number of benzene rings is 3. The van der Waals surface area contributed by atoms with Crippen LogP contribution in [0.3, 0.4) is 0 Å². The van der Waals surface area contributed by atoms with Crippen LogP contribution in [-0.4, -0.2) is 26.0 Å².